The summed E-state index contributed by atoms with van der Waals surface area (Å²) in [5.74, 6) is 0.528. The van der Waals surface area contributed by atoms with Crippen molar-refractivity contribution in [3.8, 4) is 0 Å². The molecule has 1 aliphatic heterocycles. The van der Waals surface area contributed by atoms with Crippen LogP contribution >= 0.6 is 0 Å². The number of ether oxygens (including phenoxy) is 1. The van der Waals surface area contributed by atoms with Crippen LogP contribution in [-0.4, -0.2) is 38.8 Å². The van der Waals surface area contributed by atoms with Crippen molar-refractivity contribution in [2.45, 2.75) is 26.3 Å². The molecule has 0 aliphatic carbocycles. The van der Waals surface area contributed by atoms with Gasteiger partial charge >= 0.3 is 0 Å². The minimum absolute atomic E-state index is 0.528. The third kappa shape index (κ3) is 5.27. The van der Waals surface area contributed by atoms with Crippen molar-refractivity contribution < 1.29 is 4.74 Å². The molecule has 1 aromatic rings. The summed E-state index contributed by atoms with van der Waals surface area (Å²) in [6.45, 7) is 7.22. The number of anilines is 1. The van der Waals surface area contributed by atoms with E-state index in [0.29, 0.717) is 12.5 Å². The summed E-state index contributed by atoms with van der Waals surface area (Å²) in [6.07, 6.45) is 2.27. The van der Waals surface area contributed by atoms with Gasteiger partial charge in [0, 0.05) is 25.3 Å². The number of nitrogens with one attached hydrogen (secondary N) is 1. The second-order valence-corrected chi connectivity index (χ2v) is 5.25. The van der Waals surface area contributed by atoms with E-state index in [9.17, 15) is 0 Å². The Kier molecular flexibility index (Phi) is 6.34. The van der Waals surface area contributed by atoms with Gasteiger partial charge in [-0.3, -0.25) is 0 Å². The second kappa shape index (κ2) is 8.52. The van der Waals surface area contributed by atoms with Crippen molar-refractivity contribution in [1.29, 1.82) is 0 Å². The third-order valence-corrected chi connectivity index (χ3v) is 3.58. The van der Waals surface area contributed by atoms with E-state index in [1.165, 1.54) is 11.3 Å². The maximum atomic E-state index is 5.83. The first-order valence-corrected chi connectivity index (χ1v) is 7.75. The molecule has 21 heavy (non-hydrogen) atoms. The van der Waals surface area contributed by atoms with Crippen molar-refractivity contribution in [1.82, 2.24) is 5.32 Å². The lowest BCUT2D eigenvalue weighted by molar-refractivity contribution is 0.122. The summed E-state index contributed by atoms with van der Waals surface area (Å²) in [5.41, 5.74) is 8.25. The van der Waals surface area contributed by atoms with Crippen LogP contribution in [0.15, 0.2) is 29.3 Å². The molecule has 116 valence electrons. The highest BCUT2D eigenvalue weighted by molar-refractivity contribution is 5.77. The van der Waals surface area contributed by atoms with Crippen LogP contribution in [0.5, 0.6) is 0 Å². The first kappa shape index (κ1) is 15.6. The molecule has 2 rings (SSSR count). The SMILES string of the molecule is CCCCNC(N)=NCc1ccc(N2CCOCC2)cc1. The predicted molar refractivity (Wildman–Crippen MR) is 87.7 cm³/mol. The molecule has 1 heterocycles. The van der Waals surface area contributed by atoms with Gasteiger partial charge in [0.2, 0.25) is 0 Å². The lowest BCUT2D eigenvalue weighted by Gasteiger charge is -2.28. The van der Waals surface area contributed by atoms with Crippen molar-refractivity contribution in [3.63, 3.8) is 0 Å². The van der Waals surface area contributed by atoms with Crippen molar-refractivity contribution in [2.75, 3.05) is 37.7 Å². The molecule has 0 unspecified atom stereocenters. The average Bonchev–Trinajstić information content (AvgIpc) is 2.54. The Balaban J connectivity index is 1.82. The molecule has 0 radical (unpaired) electrons. The van der Waals surface area contributed by atoms with Crippen LogP contribution in [0.3, 0.4) is 0 Å². The largest absolute Gasteiger partial charge is 0.378 e. The van der Waals surface area contributed by atoms with E-state index in [1.54, 1.807) is 0 Å². The quantitative estimate of drug-likeness (QED) is 0.476. The van der Waals surface area contributed by atoms with E-state index in [1.807, 2.05) is 0 Å². The summed E-state index contributed by atoms with van der Waals surface area (Å²) >= 11 is 0. The van der Waals surface area contributed by atoms with E-state index in [4.69, 9.17) is 10.5 Å². The number of benzene rings is 1. The second-order valence-electron chi connectivity index (χ2n) is 5.25. The summed E-state index contributed by atoms with van der Waals surface area (Å²) in [5, 5.41) is 3.12. The van der Waals surface area contributed by atoms with Gasteiger partial charge < -0.3 is 20.7 Å². The highest BCUT2D eigenvalue weighted by atomic mass is 16.5. The van der Waals surface area contributed by atoms with Gasteiger partial charge in [0.05, 0.1) is 19.8 Å². The average molecular weight is 290 g/mol. The lowest BCUT2D eigenvalue weighted by Crippen LogP contribution is -2.36. The van der Waals surface area contributed by atoms with Gasteiger partial charge in [0.25, 0.3) is 0 Å². The van der Waals surface area contributed by atoms with Crippen LogP contribution < -0.4 is 16.0 Å². The molecule has 5 nitrogen and oxygen atoms in total. The Labute approximate surface area is 127 Å². The van der Waals surface area contributed by atoms with Crippen LogP contribution in [-0.2, 0) is 11.3 Å². The van der Waals surface area contributed by atoms with Crippen LogP contribution in [0.2, 0.25) is 0 Å². The molecule has 0 aromatic heterocycles. The molecular formula is C16H26N4O. The third-order valence-electron chi connectivity index (χ3n) is 3.58. The number of nitrogens with zero attached hydrogens (tertiary/aromatic N) is 2. The van der Waals surface area contributed by atoms with Crippen molar-refractivity contribution in [3.05, 3.63) is 29.8 Å². The fourth-order valence-electron chi connectivity index (χ4n) is 2.26. The number of guanidine groups is 1. The number of hydrogen-bond acceptors (Lipinski definition) is 3. The van der Waals surface area contributed by atoms with E-state index < -0.39 is 0 Å². The number of unbranched alkanes of at least 4 members (excludes halogenated alkanes) is 1. The Morgan fingerprint density at radius 2 is 2.00 bits per heavy atom. The van der Waals surface area contributed by atoms with Gasteiger partial charge in [-0.25, -0.2) is 4.99 Å². The molecule has 1 fully saturated rings. The minimum Gasteiger partial charge on any atom is -0.378 e. The van der Waals surface area contributed by atoms with Crippen molar-refractivity contribution >= 4 is 11.6 Å². The number of aliphatic imine (C=N–C) groups is 1. The fraction of sp³-hybridized carbons (Fsp3) is 0.562. The summed E-state index contributed by atoms with van der Waals surface area (Å²) in [4.78, 5) is 6.70. The number of rotatable bonds is 6. The minimum atomic E-state index is 0.528. The standard InChI is InChI=1S/C16H26N4O/c1-2-3-8-18-16(17)19-13-14-4-6-15(7-5-14)20-9-11-21-12-10-20/h4-7H,2-3,8-13H2,1H3,(H3,17,18,19). The number of nitrogens with two attached hydrogens (primary N) is 1. The molecule has 0 saturated carbocycles. The number of hydrogen-bond donors (Lipinski definition) is 2. The van der Waals surface area contributed by atoms with Gasteiger partial charge in [0.1, 0.15) is 0 Å². The Morgan fingerprint density at radius 1 is 1.29 bits per heavy atom. The van der Waals surface area contributed by atoms with Gasteiger partial charge in [0.15, 0.2) is 5.96 Å². The molecule has 0 spiro atoms. The van der Waals surface area contributed by atoms with Gasteiger partial charge in [-0.05, 0) is 24.1 Å². The zero-order valence-corrected chi connectivity index (χ0v) is 12.8. The number of morpholine rings is 1. The summed E-state index contributed by atoms with van der Waals surface area (Å²) in [7, 11) is 0. The molecule has 0 atom stereocenters. The van der Waals surface area contributed by atoms with Crippen molar-refractivity contribution in [2.24, 2.45) is 10.7 Å². The van der Waals surface area contributed by atoms with Gasteiger partial charge in [-0.1, -0.05) is 25.5 Å². The first-order valence-electron chi connectivity index (χ1n) is 7.75. The van der Waals surface area contributed by atoms with Crippen LogP contribution in [0.4, 0.5) is 5.69 Å². The van der Waals surface area contributed by atoms with Gasteiger partial charge in [-0.15, -0.1) is 0 Å². The molecule has 1 aromatic carbocycles. The normalized spacial score (nSPS) is 16.0. The zero-order chi connectivity index (χ0) is 14.9. The Morgan fingerprint density at radius 3 is 2.67 bits per heavy atom. The molecule has 5 heteroatoms. The highest BCUT2D eigenvalue weighted by Crippen LogP contribution is 2.16. The van der Waals surface area contributed by atoms with Gasteiger partial charge in [-0.2, -0.15) is 0 Å². The summed E-state index contributed by atoms with van der Waals surface area (Å²) < 4.78 is 5.37. The van der Waals surface area contributed by atoms with Crippen LogP contribution in [0.25, 0.3) is 0 Å². The predicted octanol–water partition coefficient (Wildman–Crippen LogP) is 1.73. The van der Waals surface area contributed by atoms with E-state index in [-0.39, 0.29) is 0 Å². The zero-order valence-electron chi connectivity index (χ0n) is 12.8. The van der Waals surface area contributed by atoms with E-state index in [2.05, 4.69) is 46.4 Å². The molecule has 0 amide bonds. The Hall–Kier alpha value is -1.75. The lowest BCUT2D eigenvalue weighted by atomic mass is 10.2. The van der Waals surface area contributed by atoms with Crippen LogP contribution in [0.1, 0.15) is 25.3 Å². The molecule has 0 bridgehead atoms. The van der Waals surface area contributed by atoms with E-state index >= 15 is 0 Å². The highest BCUT2D eigenvalue weighted by Gasteiger charge is 2.10. The maximum absolute atomic E-state index is 5.83. The molecular weight excluding hydrogens is 264 g/mol. The molecule has 3 N–H and O–H groups in total. The smallest absolute Gasteiger partial charge is 0.188 e. The maximum Gasteiger partial charge on any atom is 0.188 e. The monoisotopic (exact) mass is 290 g/mol. The molecule has 1 aliphatic rings. The van der Waals surface area contributed by atoms with Crippen LogP contribution in [0, 0.1) is 0 Å². The molecule has 1 saturated heterocycles. The topological polar surface area (TPSA) is 62.9 Å². The van der Waals surface area contributed by atoms with E-state index in [0.717, 1.165) is 45.7 Å². The summed E-state index contributed by atoms with van der Waals surface area (Å²) in [6, 6.07) is 8.54. The first-order chi connectivity index (χ1) is 10.3. The Bertz CT molecular complexity index is 438. The fourth-order valence-corrected chi connectivity index (χ4v) is 2.26.